The molecular weight excluding hydrogens is 216 g/mol. The van der Waals surface area contributed by atoms with Crippen LogP contribution in [0.4, 0.5) is 0 Å². The van der Waals surface area contributed by atoms with Crippen molar-refractivity contribution in [2.45, 2.75) is 0 Å². The summed E-state index contributed by atoms with van der Waals surface area (Å²) in [5, 5.41) is 3.96. The van der Waals surface area contributed by atoms with Crippen LogP contribution in [0.2, 0.25) is 0 Å². The lowest BCUT2D eigenvalue weighted by molar-refractivity contribution is 0.434. The maximum atomic E-state index is 5.25. The minimum Gasteiger partial charge on any atom is -0.356 e. The zero-order valence-corrected chi connectivity index (χ0v) is 8.82. The van der Waals surface area contributed by atoms with Crippen molar-refractivity contribution < 1.29 is 4.52 Å². The Labute approximate surface area is 97.2 Å². The van der Waals surface area contributed by atoms with Crippen molar-refractivity contribution in [3.63, 3.8) is 0 Å². The van der Waals surface area contributed by atoms with E-state index in [4.69, 9.17) is 4.52 Å². The average Bonchev–Trinajstić information content (AvgIpc) is 2.90. The molecule has 0 spiro atoms. The largest absolute Gasteiger partial charge is 0.356 e. The zero-order chi connectivity index (χ0) is 11.5. The Morgan fingerprint density at radius 1 is 0.941 bits per heavy atom. The van der Waals surface area contributed by atoms with Crippen molar-refractivity contribution in [1.82, 2.24) is 20.1 Å². The van der Waals surface area contributed by atoms with Crippen molar-refractivity contribution >= 4 is 0 Å². The van der Waals surface area contributed by atoms with Gasteiger partial charge in [-0.3, -0.25) is 15.0 Å². The van der Waals surface area contributed by atoms with Crippen molar-refractivity contribution in [3.8, 4) is 22.7 Å². The molecular formula is C12H8N4O. The van der Waals surface area contributed by atoms with E-state index in [1.165, 1.54) is 0 Å². The van der Waals surface area contributed by atoms with Gasteiger partial charge in [-0.1, -0.05) is 5.16 Å². The molecule has 17 heavy (non-hydrogen) atoms. The van der Waals surface area contributed by atoms with Crippen LogP contribution in [0.25, 0.3) is 22.7 Å². The molecule has 5 heteroatoms. The van der Waals surface area contributed by atoms with E-state index in [1.54, 1.807) is 31.0 Å². The SMILES string of the molecule is c1cncc(-c2cc(-c3cnccn3)no2)c1. The number of nitrogens with zero attached hydrogens (tertiary/aromatic N) is 4. The third-order valence-corrected chi connectivity index (χ3v) is 2.28. The van der Waals surface area contributed by atoms with Crippen molar-refractivity contribution in [2.75, 3.05) is 0 Å². The van der Waals surface area contributed by atoms with E-state index in [1.807, 2.05) is 18.2 Å². The van der Waals surface area contributed by atoms with E-state index in [9.17, 15) is 0 Å². The van der Waals surface area contributed by atoms with E-state index < -0.39 is 0 Å². The lowest BCUT2D eigenvalue weighted by atomic mass is 10.2. The van der Waals surface area contributed by atoms with Gasteiger partial charge in [0.15, 0.2) is 5.76 Å². The van der Waals surface area contributed by atoms with Crippen LogP contribution in [0.15, 0.2) is 53.7 Å². The summed E-state index contributed by atoms with van der Waals surface area (Å²) in [6.07, 6.45) is 8.31. The Bertz CT molecular complexity index is 553. The lowest BCUT2D eigenvalue weighted by Gasteiger charge is -1.91. The van der Waals surface area contributed by atoms with Gasteiger partial charge >= 0.3 is 0 Å². The van der Waals surface area contributed by atoms with Gasteiger partial charge in [0.2, 0.25) is 0 Å². The summed E-state index contributed by atoms with van der Waals surface area (Å²) in [5.74, 6) is 0.666. The monoisotopic (exact) mass is 224 g/mol. The number of pyridine rings is 1. The standard InChI is InChI=1S/C12H8N4O/c1-2-9(7-13-3-1)12-6-10(16-17-12)11-8-14-4-5-15-11/h1-8H. The van der Waals surface area contributed by atoms with Crippen molar-refractivity contribution in [2.24, 2.45) is 0 Å². The number of hydrogen-bond acceptors (Lipinski definition) is 5. The average molecular weight is 224 g/mol. The molecule has 0 bridgehead atoms. The van der Waals surface area contributed by atoms with Crippen molar-refractivity contribution in [3.05, 3.63) is 49.2 Å². The van der Waals surface area contributed by atoms with Crippen LogP contribution in [0, 0.1) is 0 Å². The van der Waals surface area contributed by atoms with Gasteiger partial charge in [0.25, 0.3) is 0 Å². The first kappa shape index (κ1) is 9.65. The maximum Gasteiger partial charge on any atom is 0.169 e. The van der Waals surface area contributed by atoms with E-state index in [0.717, 1.165) is 5.56 Å². The molecule has 82 valence electrons. The quantitative estimate of drug-likeness (QED) is 0.667. The predicted octanol–water partition coefficient (Wildman–Crippen LogP) is 2.19. The Morgan fingerprint density at radius 2 is 1.88 bits per heavy atom. The summed E-state index contributed by atoms with van der Waals surface area (Å²) in [6.45, 7) is 0. The molecule has 0 unspecified atom stereocenters. The molecule has 0 amide bonds. The highest BCUT2D eigenvalue weighted by atomic mass is 16.5. The minimum atomic E-state index is 0.664. The van der Waals surface area contributed by atoms with E-state index in [2.05, 4.69) is 20.1 Å². The third-order valence-electron chi connectivity index (χ3n) is 2.28. The second-order valence-electron chi connectivity index (χ2n) is 3.41. The second-order valence-corrected chi connectivity index (χ2v) is 3.41. The van der Waals surface area contributed by atoms with Gasteiger partial charge in [0, 0.05) is 36.4 Å². The molecule has 3 heterocycles. The van der Waals surface area contributed by atoms with E-state index in [0.29, 0.717) is 17.1 Å². The third kappa shape index (κ3) is 1.90. The van der Waals surface area contributed by atoms with Crippen LogP contribution < -0.4 is 0 Å². The zero-order valence-electron chi connectivity index (χ0n) is 8.82. The Kier molecular flexibility index (Phi) is 2.34. The normalized spacial score (nSPS) is 10.4. The van der Waals surface area contributed by atoms with Crippen LogP contribution in [0.1, 0.15) is 0 Å². The van der Waals surface area contributed by atoms with Gasteiger partial charge in [-0.15, -0.1) is 0 Å². The molecule has 0 fully saturated rings. The Balaban J connectivity index is 1.99. The molecule has 3 aromatic rings. The van der Waals surface area contributed by atoms with Crippen LogP contribution >= 0.6 is 0 Å². The molecule has 0 saturated heterocycles. The summed E-state index contributed by atoms with van der Waals surface area (Å²) in [4.78, 5) is 12.2. The van der Waals surface area contributed by atoms with Gasteiger partial charge in [-0.05, 0) is 12.1 Å². The highest BCUT2D eigenvalue weighted by molar-refractivity contribution is 5.63. The summed E-state index contributed by atoms with van der Waals surface area (Å²) in [6, 6.07) is 5.58. The summed E-state index contributed by atoms with van der Waals surface area (Å²) in [7, 11) is 0. The summed E-state index contributed by atoms with van der Waals surface area (Å²) in [5.41, 5.74) is 2.23. The molecule has 0 atom stereocenters. The molecule has 5 nitrogen and oxygen atoms in total. The fourth-order valence-corrected chi connectivity index (χ4v) is 1.47. The fourth-order valence-electron chi connectivity index (χ4n) is 1.47. The molecule has 0 aromatic carbocycles. The Hall–Kier alpha value is -2.56. The lowest BCUT2D eigenvalue weighted by Crippen LogP contribution is -1.82. The maximum absolute atomic E-state index is 5.25. The molecule has 0 aliphatic carbocycles. The highest BCUT2D eigenvalue weighted by Crippen LogP contribution is 2.23. The van der Waals surface area contributed by atoms with E-state index >= 15 is 0 Å². The van der Waals surface area contributed by atoms with Gasteiger partial charge in [-0.2, -0.15) is 0 Å². The number of aromatic nitrogens is 4. The smallest absolute Gasteiger partial charge is 0.169 e. The van der Waals surface area contributed by atoms with Crippen LogP contribution in [-0.2, 0) is 0 Å². The molecule has 0 radical (unpaired) electrons. The molecule has 0 aliphatic rings. The first-order chi connectivity index (χ1) is 8.43. The van der Waals surface area contributed by atoms with Crippen LogP contribution in [0.3, 0.4) is 0 Å². The minimum absolute atomic E-state index is 0.664. The first-order valence-electron chi connectivity index (χ1n) is 5.07. The molecule has 0 N–H and O–H groups in total. The van der Waals surface area contributed by atoms with Crippen LogP contribution in [-0.4, -0.2) is 20.1 Å². The van der Waals surface area contributed by atoms with Gasteiger partial charge in [0.05, 0.1) is 6.20 Å². The molecule has 3 aromatic heterocycles. The van der Waals surface area contributed by atoms with Gasteiger partial charge < -0.3 is 4.52 Å². The predicted molar refractivity (Wildman–Crippen MR) is 60.8 cm³/mol. The first-order valence-corrected chi connectivity index (χ1v) is 5.07. The van der Waals surface area contributed by atoms with E-state index in [-0.39, 0.29) is 0 Å². The highest BCUT2D eigenvalue weighted by Gasteiger charge is 2.09. The molecule has 3 rings (SSSR count). The summed E-state index contributed by atoms with van der Waals surface area (Å²) >= 11 is 0. The molecule has 0 aliphatic heterocycles. The molecule has 0 saturated carbocycles. The fraction of sp³-hybridized carbons (Fsp3) is 0. The van der Waals surface area contributed by atoms with Crippen molar-refractivity contribution in [1.29, 1.82) is 0 Å². The second kappa shape index (κ2) is 4.13. The Morgan fingerprint density at radius 3 is 2.65 bits per heavy atom. The topological polar surface area (TPSA) is 64.7 Å². The van der Waals surface area contributed by atoms with Gasteiger partial charge in [0.1, 0.15) is 11.4 Å². The van der Waals surface area contributed by atoms with Gasteiger partial charge in [-0.25, -0.2) is 0 Å². The number of rotatable bonds is 2. The van der Waals surface area contributed by atoms with Crippen LogP contribution in [0.5, 0.6) is 0 Å². The summed E-state index contributed by atoms with van der Waals surface area (Å²) < 4.78 is 5.25. The number of hydrogen-bond donors (Lipinski definition) is 0.